The van der Waals surface area contributed by atoms with Crippen molar-refractivity contribution in [1.29, 1.82) is 0 Å². The van der Waals surface area contributed by atoms with E-state index in [0.29, 0.717) is 6.42 Å². The molecule has 3 nitrogen and oxygen atoms in total. The van der Waals surface area contributed by atoms with E-state index in [9.17, 15) is 9.90 Å². The first-order valence-corrected chi connectivity index (χ1v) is 11.8. The number of carboxylic acids is 1. The highest BCUT2D eigenvalue weighted by Crippen LogP contribution is 2.42. The van der Waals surface area contributed by atoms with E-state index in [0.717, 1.165) is 17.7 Å². The van der Waals surface area contributed by atoms with Crippen LogP contribution < -0.4 is 9.92 Å². The molecule has 0 fully saturated rings. The third-order valence-electron chi connectivity index (χ3n) is 6.51. The van der Waals surface area contributed by atoms with Gasteiger partial charge >= 0.3 is 5.97 Å². The summed E-state index contributed by atoms with van der Waals surface area (Å²) < 4.78 is 6.04. The van der Waals surface area contributed by atoms with Crippen LogP contribution in [0.2, 0.25) is 18.1 Å². The van der Waals surface area contributed by atoms with Gasteiger partial charge in [0.25, 0.3) is 0 Å². The van der Waals surface area contributed by atoms with Gasteiger partial charge in [0, 0.05) is 6.42 Å². The van der Waals surface area contributed by atoms with Crippen molar-refractivity contribution in [2.24, 2.45) is 0 Å². The van der Waals surface area contributed by atoms with Crippen LogP contribution in [0.15, 0.2) is 0 Å². The van der Waals surface area contributed by atoms with E-state index >= 15 is 0 Å². The van der Waals surface area contributed by atoms with Gasteiger partial charge in [-0.25, -0.2) is 4.79 Å². The molecule has 2 rings (SSSR count). The molecule has 1 heterocycles. The SMILES string of the molecule is Cc1c(C)c([Si](C)(C)C(C)(C)C)c(C)c2c1OC(C)(C(=O)O)CC2. The molecule has 0 amide bonds. The Morgan fingerprint density at radius 3 is 2.12 bits per heavy atom. The highest BCUT2D eigenvalue weighted by molar-refractivity contribution is 6.92. The summed E-state index contributed by atoms with van der Waals surface area (Å²) in [6, 6.07) is 0. The lowest BCUT2D eigenvalue weighted by Crippen LogP contribution is -2.53. The van der Waals surface area contributed by atoms with E-state index in [1.807, 2.05) is 0 Å². The summed E-state index contributed by atoms with van der Waals surface area (Å²) >= 11 is 0. The van der Waals surface area contributed by atoms with Crippen LogP contribution in [0.3, 0.4) is 0 Å². The maximum Gasteiger partial charge on any atom is 0.347 e. The molecule has 1 N–H and O–H groups in total. The van der Waals surface area contributed by atoms with E-state index in [4.69, 9.17) is 4.74 Å². The molecule has 0 saturated carbocycles. The Hall–Kier alpha value is -1.29. The predicted molar refractivity (Wildman–Crippen MR) is 102 cm³/mol. The minimum absolute atomic E-state index is 0.258. The fourth-order valence-electron chi connectivity index (χ4n) is 3.73. The predicted octanol–water partition coefficient (Wildman–Crippen LogP) is 4.50. The molecule has 0 saturated heterocycles. The molecule has 0 aromatic heterocycles. The van der Waals surface area contributed by atoms with Crippen molar-refractivity contribution in [3.05, 3.63) is 22.3 Å². The number of carbonyl (C=O) groups is 1. The molecule has 134 valence electrons. The molecule has 0 spiro atoms. The van der Waals surface area contributed by atoms with Gasteiger partial charge in [-0.05, 0) is 61.4 Å². The van der Waals surface area contributed by atoms with Crippen LogP contribution >= 0.6 is 0 Å². The van der Waals surface area contributed by atoms with Crippen LogP contribution in [0.25, 0.3) is 0 Å². The maximum atomic E-state index is 11.6. The van der Waals surface area contributed by atoms with Gasteiger partial charge in [-0.2, -0.15) is 0 Å². The van der Waals surface area contributed by atoms with Gasteiger partial charge in [0.2, 0.25) is 5.60 Å². The van der Waals surface area contributed by atoms with Crippen LogP contribution in [0.4, 0.5) is 0 Å². The quantitative estimate of drug-likeness (QED) is 0.801. The second kappa shape index (κ2) is 5.62. The van der Waals surface area contributed by atoms with E-state index in [1.54, 1.807) is 6.92 Å². The molecule has 0 bridgehead atoms. The van der Waals surface area contributed by atoms with E-state index in [1.165, 1.54) is 21.9 Å². The van der Waals surface area contributed by atoms with Crippen molar-refractivity contribution in [2.45, 2.75) is 85.0 Å². The minimum atomic E-state index is -1.69. The van der Waals surface area contributed by atoms with Crippen molar-refractivity contribution in [3.8, 4) is 5.75 Å². The van der Waals surface area contributed by atoms with Gasteiger partial charge in [0.15, 0.2) is 0 Å². The van der Waals surface area contributed by atoms with Crippen LogP contribution in [0.5, 0.6) is 5.75 Å². The molecule has 0 radical (unpaired) electrons. The molecule has 24 heavy (non-hydrogen) atoms. The number of rotatable bonds is 2. The van der Waals surface area contributed by atoms with E-state index in [2.05, 4.69) is 54.6 Å². The number of hydrogen-bond acceptors (Lipinski definition) is 2. The van der Waals surface area contributed by atoms with E-state index < -0.39 is 19.6 Å². The fraction of sp³-hybridized carbons (Fsp3) is 0.650. The zero-order chi connectivity index (χ0) is 18.7. The summed E-state index contributed by atoms with van der Waals surface area (Å²) in [5.74, 6) is -0.0695. The van der Waals surface area contributed by atoms with Crippen molar-refractivity contribution in [3.63, 3.8) is 0 Å². The minimum Gasteiger partial charge on any atom is -0.478 e. The summed E-state index contributed by atoms with van der Waals surface area (Å²) in [5.41, 5.74) is 3.83. The largest absolute Gasteiger partial charge is 0.478 e. The monoisotopic (exact) mass is 348 g/mol. The Kier molecular flexibility index (Phi) is 4.46. The van der Waals surface area contributed by atoms with Crippen molar-refractivity contribution in [1.82, 2.24) is 0 Å². The number of carboxylic acid groups (broad SMARTS) is 1. The van der Waals surface area contributed by atoms with Gasteiger partial charge in [-0.3, -0.25) is 0 Å². The number of ether oxygens (including phenoxy) is 1. The van der Waals surface area contributed by atoms with Crippen molar-refractivity contribution < 1.29 is 14.6 Å². The Morgan fingerprint density at radius 2 is 1.67 bits per heavy atom. The Balaban J connectivity index is 2.72. The summed E-state index contributed by atoms with van der Waals surface area (Å²) in [6.45, 7) is 20.0. The summed E-state index contributed by atoms with van der Waals surface area (Å²) in [5, 5.41) is 11.3. The van der Waals surface area contributed by atoms with Gasteiger partial charge < -0.3 is 9.84 Å². The molecule has 1 aromatic rings. The molecule has 0 aliphatic carbocycles. The summed E-state index contributed by atoms with van der Waals surface area (Å²) in [6.07, 6.45) is 1.29. The molecule has 4 heteroatoms. The third-order valence-corrected chi connectivity index (χ3v) is 12.3. The van der Waals surface area contributed by atoms with Gasteiger partial charge in [-0.1, -0.05) is 39.1 Å². The lowest BCUT2D eigenvalue weighted by molar-refractivity contribution is -0.155. The van der Waals surface area contributed by atoms with Gasteiger partial charge in [-0.15, -0.1) is 0 Å². The fourth-order valence-corrected chi connectivity index (χ4v) is 6.69. The maximum absolute atomic E-state index is 11.6. The Bertz CT molecular complexity index is 698. The highest BCUT2D eigenvalue weighted by atomic mass is 28.3. The first-order chi connectivity index (χ1) is 10.7. The third kappa shape index (κ3) is 2.69. The highest BCUT2D eigenvalue weighted by Gasteiger charge is 2.44. The molecule has 1 unspecified atom stereocenters. The standard InChI is InChI=1S/C20H32O3Si/c1-12-13(2)17(24(8,9)19(4,5)6)14(3)15-10-11-20(7,18(21)22)23-16(12)15/h10-11H2,1-9H3,(H,21,22). The summed E-state index contributed by atoms with van der Waals surface area (Å²) in [7, 11) is -1.69. The Morgan fingerprint density at radius 1 is 1.12 bits per heavy atom. The smallest absolute Gasteiger partial charge is 0.347 e. The molecule has 1 aliphatic heterocycles. The normalized spacial score (nSPS) is 21.2. The average Bonchev–Trinajstić information content (AvgIpc) is 2.43. The topological polar surface area (TPSA) is 46.5 Å². The van der Waals surface area contributed by atoms with Crippen molar-refractivity contribution >= 4 is 19.2 Å². The van der Waals surface area contributed by atoms with Gasteiger partial charge in [0.1, 0.15) is 5.75 Å². The molecule has 1 aromatic carbocycles. The lowest BCUT2D eigenvalue weighted by atomic mass is 9.87. The zero-order valence-electron chi connectivity index (χ0n) is 16.7. The van der Waals surface area contributed by atoms with Crippen LogP contribution in [0.1, 0.15) is 56.4 Å². The van der Waals surface area contributed by atoms with E-state index in [-0.39, 0.29) is 5.04 Å². The zero-order valence-corrected chi connectivity index (χ0v) is 17.7. The van der Waals surface area contributed by atoms with Crippen molar-refractivity contribution in [2.75, 3.05) is 0 Å². The molecular formula is C20H32O3Si. The number of benzene rings is 1. The molecular weight excluding hydrogens is 316 g/mol. The number of hydrogen-bond donors (Lipinski definition) is 1. The first kappa shape index (κ1) is 19.0. The van der Waals surface area contributed by atoms with Crippen LogP contribution in [0, 0.1) is 20.8 Å². The first-order valence-electron chi connectivity index (χ1n) is 8.79. The number of aliphatic carboxylic acids is 1. The van der Waals surface area contributed by atoms with Crippen LogP contribution in [-0.2, 0) is 11.2 Å². The number of fused-ring (bicyclic) bond motifs is 1. The average molecular weight is 349 g/mol. The summed E-state index contributed by atoms with van der Waals surface area (Å²) in [4.78, 5) is 11.6. The van der Waals surface area contributed by atoms with Crippen LogP contribution in [-0.4, -0.2) is 24.8 Å². The van der Waals surface area contributed by atoms with Gasteiger partial charge in [0.05, 0.1) is 8.07 Å². The second-order valence-corrected chi connectivity index (χ2v) is 14.3. The Labute approximate surface area is 147 Å². The second-order valence-electron chi connectivity index (χ2n) is 9.07. The lowest BCUT2D eigenvalue weighted by Gasteiger charge is -2.42. The molecule has 1 aliphatic rings. The molecule has 1 atom stereocenters.